The number of aromatic amines is 1. The molecule has 8 heteroatoms. The standard InChI is InChI=1S/C29H25FN4O3/c1-37-26-11-5-3-8-21(26)29(36)34-33-27(35)12-6-9-20-22-17-19(30)14-16-24(22)32-28(20)25-15-13-18-7-2-4-10-23(18)31-25/h2-5,7-8,10-11,13-17,32H,6,9,12H2,1H3,(H,33,35)(H,34,36). The molecule has 0 bridgehead atoms. The van der Waals surface area contributed by atoms with E-state index >= 15 is 0 Å². The number of methoxy groups -OCH3 is 1. The fourth-order valence-corrected chi connectivity index (χ4v) is 4.42. The maximum Gasteiger partial charge on any atom is 0.273 e. The van der Waals surface area contributed by atoms with Crippen LogP contribution < -0.4 is 15.6 Å². The molecule has 0 aliphatic rings. The van der Waals surface area contributed by atoms with E-state index in [0.29, 0.717) is 24.2 Å². The van der Waals surface area contributed by atoms with Crippen molar-refractivity contribution in [3.8, 4) is 17.1 Å². The SMILES string of the molecule is COc1ccccc1C(=O)NNC(=O)CCCc1c(-c2ccc3ccccc3n2)[nH]c2ccc(F)cc12. The van der Waals surface area contributed by atoms with E-state index in [1.54, 1.807) is 30.3 Å². The number of amides is 2. The van der Waals surface area contributed by atoms with Crippen molar-refractivity contribution in [2.24, 2.45) is 0 Å². The Kier molecular flexibility index (Phi) is 6.81. The molecule has 7 nitrogen and oxygen atoms in total. The number of para-hydroxylation sites is 2. The van der Waals surface area contributed by atoms with Crippen molar-refractivity contribution in [2.75, 3.05) is 7.11 Å². The van der Waals surface area contributed by atoms with Gasteiger partial charge in [0.25, 0.3) is 5.91 Å². The quantitative estimate of drug-likeness (QED) is 0.266. The van der Waals surface area contributed by atoms with Crippen LogP contribution in [0, 0.1) is 5.82 Å². The smallest absolute Gasteiger partial charge is 0.273 e. The zero-order chi connectivity index (χ0) is 25.8. The van der Waals surface area contributed by atoms with Crippen LogP contribution in [0.5, 0.6) is 5.75 Å². The van der Waals surface area contributed by atoms with Crippen LogP contribution >= 0.6 is 0 Å². The average molecular weight is 497 g/mol. The van der Waals surface area contributed by atoms with Crippen LogP contribution in [-0.2, 0) is 11.2 Å². The predicted molar refractivity (Wildman–Crippen MR) is 141 cm³/mol. The van der Waals surface area contributed by atoms with Gasteiger partial charge in [-0.1, -0.05) is 36.4 Å². The number of rotatable bonds is 7. The number of fused-ring (bicyclic) bond motifs is 2. The van der Waals surface area contributed by atoms with Gasteiger partial charge in [-0.15, -0.1) is 0 Å². The molecule has 37 heavy (non-hydrogen) atoms. The highest BCUT2D eigenvalue weighted by Crippen LogP contribution is 2.32. The molecule has 2 aromatic heterocycles. The number of nitrogens with one attached hydrogen (secondary N) is 3. The van der Waals surface area contributed by atoms with E-state index in [1.165, 1.54) is 19.2 Å². The fourth-order valence-electron chi connectivity index (χ4n) is 4.42. The van der Waals surface area contributed by atoms with Crippen molar-refractivity contribution in [2.45, 2.75) is 19.3 Å². The number of benzene rings is 3. The molecule has 0 saturated carbocycles. The largest absolute Gasteiger partial charge is 0.496 e. The van der Waals surface area contributed by atoms with E-state index in [2.05, 4.69) is 15.8 Å². The van der Waals surface area contributed by atoms with Crippen molar-refractivity contribution >= 4 is 33.6 Å². The maximum atomic E-state index is 14.1. The Morgan fingerprint density at radius 3 is 2.65 bits per heavy atom. The minimum absolute atomic E-state index is 0.165. The summed E-state index contributed by atoms with van der Waals surface area (Å²) >= 11 is 0. The van der Waals surface area contributed by atoms with Crippen molar-refractivity contribution < 1.29 is 18.7 Å². The number of H-pyrrole nitrogens is 1. The molecule has 0 aliphatic heterocycles. The number of aromatic nitrogens is 2. The maximum absolute atomic E-state index is 14.1. The van der Waals surface area contributed by atoms with Crippen LogP contribution in [0.4, 0.5) is 4.39 Å². The molecule has 3 aromatic carbocycles. The van der Waals surface area contributed by atoms with Crippen LogP contribution in [0.3, 0.4) is 0 Å². The van der Waals surface area contributed by atoms with E-state index in [1.807, 2.05) is 36.4 Å². The lowest BCUT2D eigenvalue weighted by molar-refractivity contribution is -0.121. The van der Waals surface area contributed by atoms with Crippen molar-refractivity contribution in [3.05, 3.63) is 95.8 Å². The molecule has 5 aromatic rings. The second-order valence-electron chi connectivity index (χ2n) is 8.61. The molecule has 186 valence electrons. The molecule has 3 N–H and O–H groups in total. The van der Waals surface area contributed by atoms with Gasteiger partial charge >= 0.3 is 0 Å². The zero-order valence-corrected chi connectivity index (χ0v) is 20.2. The van der Waals surface area contributed by atoms with Crippen molar-refractivity contribution in [1.29, 1.82) is 0 Å². The predicted octanol–water partition coefficient (Wildman–Crippen LogP) is 5.31. The lowest BCUT2D eigenvalue weighted by Crippen LogP contribution is -2.41. The van der Waals surface area contributed by atoms with E-state index in [-0.39, 0.29) is 18.1 Å². The third-order valence-electron chi connectivity index (χ3n) is 6.22. The summed E-state index contributed by atoms with van der Waals surface area (Å²) in [5.41, 5.74) is 9.30. The van der Waals surface area contributed by atoms with Crippen LogP contribution in [-0.4, -0.2) is 28.9 Å². The monoisotopic (exact) mass is 496 g/mol. The molecule has 2 amide bonds. The average Bonchev–Trinajstić information content (AvgIpc) is 3.28. The van der Waals surface area contributed by atoms with Crippen LogP contribution in [0.25, 0.3) is 33.2 Å². The molecule has 0 radical (unpaired) electrons. The normalized spacial score (nSPS) is 11.0. The second-order valence-corrected chi connectivity index (χ2v) is 8.61. The first-order valence-electron chi connectivity index (χ1n) is 11.9. The van der Waals surface area contributed by atoms with Gasteiger partial charge in [0.1, 0.15) is 11.6 Å². The van der Waals surface area contributed by atoms with Crippen LogP contribution in [0.2, 0.25) is 0 Å². The van der Waals surface area contributed by atoms with E-state index in [0.717, 1.165) is 38.8 Å². The molecule has 5 rings (SSSR count). The summed E-state index contributed by atoms with van der Waals surface area (Å²) in [5, 5.41) is 1.79. The molecular weight excluding hydrogens is 471 g/mol. The molecule has 2 heterocycles. The number of carbonyl (C=O) groups is 2. The fraction of sp³-hybridized carbons (Fsp3) is 0.138. The highest BCUT2D eigenvalue weighted by atomic mass is 19.1. The molecule has 0 spiro atoms. The third kappa shape index (κ3) is 5.13. The van der Waals surface area contributed by atoms with Crippen molar-refractivity contribution in [1.82, 2.24) is 20.8 Å². The van der Waals surface area contributed by atoms with E-state index in [4.69, 9.17) is 9.72 Å². The summed E-state index contributed by atoms with van der Waals surface area (Å²) in [5.74, 6) is -0.722. The Morgan fingerprint density at radius 1 is 0.973 bits per heavy atom. The van der Waals surface area contributed by atoms with Crippen LogP contribution in [0.15, 0.2) is 78.9 Å². The number of pyridine rings is 1. The van der Waals surface area contributed by atoms with Gasteiger partial charge < -0.3 is 9.72 Å². The second kappa shape index (κ2) is 10.5. The topological polar surface area (TPSA) is 96.1 Å². The Bertz CT molecular complexity index is 1610. The van der Waals surface area contributed by atoms with Gasteiger partial charge in [-0.05, 0) is 60.9 Å². The van der Waals surface area contributed by atoms with Gasteiger partial charge in [0, 0.05) is 22.7 Å². The van der Waals surface area contributed by atoms with Gasteiger partial charge in [0.05, 0.1) is 29.6 Å². The summed E-state index contributed by atoms with van der Waals surface area (Å²) in [6.45, 7) is 0. The van der Waals surface area contributed by atoms with Crippen molar-refractivity contribution in [3.63, 3.8) is 0 Å². The number of hydrogen-bond acceptors (Lipinski definition) is 4. The van der Waals surface area contributed by atoms with Crippen LogP contribution in [0.1, 0.15) is 28.8 Å². The molecule has 0 saturated heterocycles. The molecule has 0 atom stereocenters. The Labute approximate surface area is 212 Å². The Hall–Kier alpha value is -4.72. The summed E-state index contributed by atoms with van der Waals surface area (Å²) in [6.07, 6.45) is 1.17. The number of halogens is 1. The molecule has 0 fully saturated rings. The highest BCUT2D eigenvalue weighted by molar-refractivity contribution is 5.98. The molecule has 0 aliphatic carbocycles. The molecular formula is C29H25FN4O3. The van der Waals surface area contributed by atoms with Gasteiger partial charge in [-0.3, -0.25) is 20.4 Å². The minimum atomic E-state index is -0.470. The third-order valence-corrected chi connectivity index (χ3v) is 6.22. The Balaban J connectivity index is 1.30. The van der Waals surface area contributed by atoms with Gasteiger partial charge in [0.2, 0.25) is 5.91 Å². The highest BCUT2D eigenvalue weighted by Gasteiger charge is 2.17. The van der Waals surface area contributed by atoms with Gasteiger partial charge in [-0.25, -0.2) is 9.37 Å². The zero-order valence-electron chi connectivity index (χ0n) is 20.2. The Morgan fingerprint density at radius 2 is 1.78 bits per heavy atom. The summed E-state index contributed by atoms with van der Waals surface area (Å²) in [4.78, 5) is 33.0. The summed E-state index contributed by atoms with van der Waals surface area (Å²) in [7, 11) is 1.48. The minimum Gasteiger partial charge on any atom is -0.496 e. The number of hydrogen-bond donors (Lipinski definition) is 3. The lowest BCUT2D eigenvalue weighted by Gasteiger charge is -2.10. The number of carbonyl (C=O) groups excluding carboxylic acids is 2. The number of nitrogens with zero attached hydrogens (tertiary/aromatic N) is 1. The lowest BCUT2D eigenvalue weighted by atomic mass is 10.0. The van der Waals surface area contributed by atoms with E-state index < -0.39 is 5.91 Å². The van der Waals surface area contributed by atoms with Gasteiger partial charge in [-0.2, -0.15) is 0 Å². The van der Waals surface area contributed by atoms with E-state index in [9.17, 15) is 14.0 Å². The number of aryl methyl sites for hydroxylation is 1. The van der Waals surface area contributed by atoms with Gasteiger partial charge in [0.15, 0.2) is 0 Å². The summed E-state index contributed by atoms with van der Waals surface area (Å²) < 4.78 is 19.3. The first-order valence-corrected chi connectivity index (χ1v) is 11.9. The summed E-state index contributed by atoms with van der Waals surface area (Å²) in [6, 6.07) is 23.2. The number of ether oxygens (including phenoxy) is 1. The first kappa shape index (κ1) is 24.0. The first-order chi connectivity index (χ1) is 18.0. The molecule has 0 unspecified atom stereocenters. The number of hydrazine groups is 1.